The Morgan fingerprint density at radius 3 is 2.36 bits per heavy atom. The Labute approximate surface area is 158 Å². The number of ether oxygens (including phenoxy) is 1. The molecule has 126 valence electrons. The summed E-state index contributed by atoms with van der Waals surface area (Å²) in [4.78, 5) is 0. The molecule has 1 aromatic carbocycles. The first-order valence-corrected chi connectivity index (χ1v) is 9.86. The van der Waals surface area contributed by atoms with E-state index in [-0.39, 0.29) is 35.5 Å². The molecule has 0 saturated carbocycles. The minimum atomic E-state index is -3.03. The molecule has 1 heterocycles. The van der Waals surface area contributed by atoms with E-state index in [0.717, 1.165) is 53.8 Å². The maximum Gasteiger partial charge on any atom is 0.154 e. The number of hydrogen-bond acceptors (Lipinski definition) is 3. The highest BCUT2D eigenvalue weighted by Crippen LogP contribution is 2.14. The molecule has 1 saturated heterocycles. The van der Waals surface area contributed by atoms with E-state index < -0.39 is 9.84 Å². The molecule has 0 aliphatic carbocycles. The van der Waals surface area contributed by atoms with Gasteiger partial charge in [0, 0.05) is 10.9 Å². The van der Waals surface area contributed by atoms with Crippen LogP contribution >= 0.6 is 15.9 Å². The van der Waals surface area contributed by atoms with Crippen LogP contribution in [0.2, 0.25) is 0 Å². The van der Waals surface area contributed by atoms with Crippen molar-refractivity contribution in [1.82, 2.24) is 0 Å². The van der Waals surface area contributed by atoms with Gasteiger partial charge in [-0.1, -0.05) is 28.1 Å². The lowest BCUT2D eigenvalue weighted by Gasteiger charge is -2.37. The van der Waals surface area contributed by atoms with E-state index in [2.05, 4.69) is 23.0 Å². The second-order valence-electron chi connectivity index (χ2n) is 5.97. The van der Waals surface area contributed by atoms with Crippen molar-refractivity contribution in [3.63, 3.8) is 0 Å². The standard InChI is InChI=1S/C15H23BrNO3S.HI/c1-17(8-10-20-11-9-17)7-2-12-21(18,19)13-14-3-5-15(16)6-4-14;/h3-6H,2,7-13H2,1H3;1H/q+1;/p-1. The van der Waals surface area contributed by atoms with Gasteiger partial charge in [0.05, 0.1) is 38.3 Å². The fourth-order valence-corrected chi connectivity index (χ4v) is 4.26. The summed E-state index contributed by atoms with van der Waals surface area (Å²) >= 11 is 3.36. The molecule has 1 aliphatic rings. The molecule has 0 aromatic heterocycles. The Morgan fingerprint density at radius 1 is 1.18 bits per heavy atom. The van der Waals surface area contributed by atoms with Crippen LogP contribution in [-0.4, -0.2) is 58.5 Å². The van der Waals surface area contributed by atoms with Gasteiger partial charge in [0.15, 0.2) is 9.84 Å². The van der Waals surface area contributed by atoms with Gasteiger partial charge in [-0.25, -0.2) is 8.42 Å². The Hall–Kier alpha value is 0.300. The molecule has 1 aliphatic heterocycles. The summed E-state index contributed by atoms with van der Waals surface area (Å²) in [6, 6.07) is 7.48. The molecule has 0 spiro atoms. The average molecular weight is 504 g/mol. The van der Waals surface area contributed by atoms with Crippen molar-refractivity contribution in [3.05, 3.63) is 34.3 Å². The maximum atomic E-state index is 12.2. The number of sulfone groups is 1. The highest BCUT2D eigenvalue weighted by atomic mass is 127. The van der Waals surface area contributed by atoms with Gasteiger partial charge in [-0.05, 0) is 17.7 Å². The van der Waals surface area contributed by atoms with E-state index in [1.807, 2.05) is 24.3 Å². The number of halogens is 2. The van der Waals surface area contributed by atoms with Crippen LogP contribution in [0.3, 0.4) is 0 Å². The Balaban J connectivity index is 0.00000242. The summed E-state index contributed by atoms with van der Waals surface area (Å²) < 4.78 is 31.6. The van der Waals surface area contributed by atoms with Gasteiger partial charge in [-0.15, -0.1) is 0 Å². The van der Waals surface area contributed by atoms with Crippen molar-refractivity contribution in [2.75, 3.05) is 45.6 Å². The summed E-state index contributed by atoms with van der Waals surface area (Å²) in [5.41, 5.74) is 0.852. The average Bonchev–Trinajstić information content (AvgIpc) is 2.41. The third kappa shape index (κ3) is 6.82. The van der Waals surface area contributed by atoms with Crippen molar-refractivity contribution in [3.8, 4) is 0 Å². The van der Waals surface area contributed by atoms with Crippen LogP contribution in [0.1, 0.15) is 12.0 Å². The predicted molar refractivity (Wildman–Crippen MR) is 87.9 cm³/mol. The monoisotopic (exact) mass is 503 g/mol. The summed E-state index contributed by atoms with van der Waals surface area (Å²) in [7, 11) is -0.847. The van der Waals surface area contributed by atoms with Crippen LogP contribution in [0.5, 0.6) is 0 Å². The second kappa shape index (κ2) is 8.96. The molecule has 22 heavy (non-hydrogen) atoms. The highest BCUT2D eigenvalue weighted by molar-refractivity contribution is 9.10. The fraction of sp³-hybridized carbons (Fsp3) is 0.600. The largest absolute Gasteiger partial charge is 1.00 e. The number of rotatable bonds is 6. The fourth-order valence-electron chi connectivity index (χ4n) is 2.58. The van der Waals surface area contributed by atoms with Crippen LogP contribution in [0.25, 0.3) is 0 Å². The number of likely N-dealkylation sites (N-methyl/N-ethyl adjacent to an activating group) is 1. The molecule has 4 nitrogen and oxygen atoms in total. The van der Waals surface area contributed by atoms with E-state index in [0.29, 0.717) is 0 Å². The van der Waals surface area contributed by atoms with E-state index in [9.17, 15) is 8.42 Å². The number of benzene rings is 1. The van der Waals surface area contributed by atoms with E-state index in [1.165, 1.54) is 0 Å². The summed E-state index contributed by atoms with van der Waals surface area (Å²) in [5.74, 6) is 0.394. The van der Waals surface area contributed by atoms with E-state index in [1.54, 1.807) is 0 Å². The Morgan fingerprint density at radius 2 is 1.77 bits per heavy atom. The van der Waals surface area contributed by atoms with Crippen molar-refractivity contribution in [2.45, 2.75) is 12.2 Å². The number of hydrogen-bond donors (Lipinski definition) is 0. The lowest BCUT2D eigenvalue weighted by atomic mass is 10.2. The molecule has 0 amide bonds. The Bertz CT molecular complexity index is 557. The minimum Gasteiger partial charge on any atom is -1.00 e. The summed E-state index contributed by atoms with van der Waals surface area (Å²) in [6.07, 6.45) is 0.718. The highest BCUT2D eigenvalue weighted by Gasteiger charge is 2.25. The molecular formula is C15H23BrINO3S. The first kappa shape index (κ1) is 20.3. The van der Waals surface area contributed by atoms with Gasteiger partial charge in [0.25, 0.3) is 0 Å². The molecule has 1 aromatic rings. The smallest absolute Gasteiger partial charge is 0.154 e. The maximum absolute atomic E-state index is 12.2. The second-order valence-corrected chi connectivity index (χ2v) is 9.07. The van der Waals surface area contributed by atoms with Crippen molar-refractivity contribution >= 4 is 25.8 Å². The molecule has 1 fully saturated rings. The lowest BCUT2D eigenvalue weighted by Crippen LogP contribution is -3.00. The summed E-state index contributed by atoms with van der Waals surface area (Å²) in [6.45, 7) is 4.42. The van der Waals surface area contributed by atoms with E-state index >= 15 is 0 Å². The van der Waals surface area contributed by atoms with Gasteiger partial charge in [-0.2, -0.15) is 0 Å². The van der Waals surface area contributed by atoms with Crippen LogP contribution < -0.4 is 24.0 Å². The number of nitrogens with zero attached hydrogens (tertiary/aromatic N) is 1. The van der Waals surface area contributed by atoms with Gasteiger partial charge in [0.1, 0.15) is 13.1 Å². The first-order chi connectivity index (χ1) is 9.89. The predicted octanol–water partition coefficient (Wildman–Crippen LogP) is -0.765. The van der Waals surface area contributed by atoms with Gasteiger partial charge in [0.2, 0.25) is 0 Å². The van der Waals surface area contributed by atoms with Gasteiger partial charge in [-0.3, -0.25) is 0 Å². The zero-order valence-corrected chi connectivity index (χ0v) is 17.4. The molecule has 0 N–H and O–H groups in total. The molecule has 7 heteroatoms. The van der Waals surface area contributed by atoms with Crippen LogP contribution in [0, 0.1) is 0 Å². The zero-order valence-electron chi connectivity index (χ0n) is 12.8. The quantitative estimate of drug-likeness (QED) is 0.378. The molecule has 0 bridgehead atoms. The van der Waals surface area contributed by atoms with Gasteiger partial charge >= 0.3 is 0 Å². The molecule has 0 atom stereocenters. The van der Waals surface area contributed by atoms with Crippen LogP contribution in [0.15, 0.2) is 28.7 Å². The van der Waals surface area contributed by atoms with Crippen molar-refractivity contribution < 1.29 is 41.6 Å². The Kier molecular flexibility index (Phi) is 8.29. The SMILES string of the molecule is C[N+]1(CCCS(=O)(=O)Cc2ccc(Br)cc2)CCOCC1.[I-]. The van der Waals surface area contributed by atoms with Crippen LogP contribution in [0.4, 0.5) is 0 Å². The van der Waals surface area contributed by atoms with Crippen molar-refractivity contribution in [1.29, 1.82) is 0 Å². The molecule has 0 radical (unpaired) electrons. The topological polar surface area (TPSA) is 43.4 Å². The third-order valence-electron chi connectivity index (χ3n) is 4.00. The molecule has 2 rings (SSSR count). The minimum absolute atomic E-state index is 0. The number of morpholine rings is 1. The van der Waals surface area contributed by atoms with Crippen LogP contribution in [-0.2, 0) is 20.3 Å². The lowest BCUT2D eigenvalue weighted by molar-refractivity contribution is -0.916. The normalized spacial score (nSPS) is 17.7. The first-order valence-electron chi connectivity index (χ1n) is 7.25. The summed E-state index contributed by atoms with van der Waals surface area (Å²) in [5, 5.41) is 0. The van der Waals surface area contributed by atoms with Crippen molar-refractivity contribution in [2.24, 2.45) is 0 Å². The molecular weight excluding hydrogens is 481 g/mol. The molecule has 0 unspecified atom stereocenters. The van der Waals surface area contributed by atoms with E-state index in [4.69, 9.17) is 4.74 Å². The van der Waals surface area contributed by atoms with Gasteiger partial charge < -0.3 is 33.2 Å². The zero-order chi connectivity index (χ0) is 15.3. The third-order valence-corrected chi connectivity index (χ3v) is 6.22. The number of quaternary nitrogens is 1.